The number of aliphatic hydroxyl groups is 1. The van der Waals surface area contributed by atoms with Crippen molar-refractivity contribution in [3.63, 3.8) is 0 Å². The van der Waals surface area contributed by atoms with E-state index in [-0.39, 0.29) is 24.9 Å². The highest BCUT2D eigenvalue weighted by Gasteiger charge is 2.11. The van der Waals surface area contributed by atoms with Gasteiger partial charge in [0.05, 0.1) is 12.2 Å². The number of carbonyl (C=O) groups is 1. The summed E-state index contributed by atoms with van der Waals surface area (Å²) in [6.45, 7) is 1.65. The molecule has 0 bridgehead atoms. The Labute approximate surface area is 95.4 Å². The van der Waals surface area contributed by atoms with E-state index >= 15 is 0 Å². The van der Waals surface area contributed by atoms with Gasteiger partial charge >= 0.3 is 0 Å². The molecule has 0 saturated carbocycles. The minimum atomic E-state index is -0.361. The molecule has 0 aliphatic carbocycles. The average molecular weight is 276 g/mol. The van der Waals surface area contributed by atoms with Gasteiger partial charge in [0.1, 0.15) is 5.82 Å². The number of amides is 1. The Balaban J connectivity index is 2.94. The molecule has 3 nitrogen and oxygen atoms in total. The predicted molar refractivity (Wildman–Crippen MR) is 58.3 cm³/mol. The molecule has 0 radical (unpaired) electrons. The van der Waals surface area contributed by atoms with Gasteiger partial charge in [-0.05, 0) is 40.5 Å². The minimum Gasteiger partial charge on any atom is -0.395 e. The monoisotopic (exact) mass is 275 g/mol. The summed E-state index contributed by atoms with van der Waals surface area (Å²) < 4.78 is 13.5. The zero-order valence-corrected chi connectivity index (χ0v) is 9.77. The van der Waals surface area contributed by atoms with Crippen LogP contribution in [0.15, 0.2) is 16.6 Å². The zero-order valence-electron chi connectivity index (χ0n) is 8.18. The molecule has 0 aliphatic rings. The first-order valence-corrected chi connectivity index (χ1v) is 5.20. The molecule has 5 heteroatoms. The summed E-state index contributed by atoms with van der Waals surface area (Å²) in [4.78, 5) is 11.5. The number of carbonyl (C=O) groups excluding carboxylic acids is 1. The van der Waals surface area contributed by atoms with Crippen LogP contribution in [0, 0.1) is 12.7 Å². The van der Waals surface area contributed by atoms with E-state index in [4.69, 9.17) is 5.11 Å². The lowest BCUT2D eigenvalue weighted by molar-refractivity contribution is 0.0944. The van der Waals surface area contributed by atoms with Crippen molar-refractivity contribution in [2.24, 2.45) is 0 Å². The van der Waals surface area contributed by atoms with Gasteiger partial charge in [0.2, 0.25) is 0 Å². The van der Waals surface area contributed by atoms with E-state index in [1.807, 2.05) is 0 Å². The fourth-order valence-electron chi connectivity index (χ4n) is 1.10. The van der Waals surface area contributed by atoms with Crippen LogP contribution in [0.2, 0.25) is 0 Å². The maximum Gasteiger partial charge on any atom is 0.252 e. The lowest BCUT2D eigenvalue weighted by Gasteiger charge is -2.07. The highest BCUT2D eigenvalue weighted by Crippen LogP contribution is 2.20. The second kappa shape index (κ2) is 5.23. The molecule has 1 amide bonds. The summed E-state index contributed by atoms with van der Waals surface area (Å²) in [6.07, 6.45) is 0. The molecule has 0 aliphatic heterocycles. The van der Waals surface area contributed by atoms with Crippen molar-refractivity contribution in [3.05, 3.63) is 33.5 Å². The maximum absolute atomic E-state index is 13.1. The molecule has 0 unspecified atom stereocenters. The topological polar surface area (TPSA) is 49.3 Å². The van der Waals surface area contributed by atoms with Crippen LogP contribution in [-0.4, -0.2) is 24.2 Å². The third-order valence-corrected chi connectivity index (χ3v) is 2.55. The van der Waals surface area contributed by atoms with Gasteiger partial charge in [0, 0.05) is 11.0 Å². The highest BCUT2D eigenvalue weighted by atomic mass is 79.9. The van der Waals surface area contributed by atoms with Gasteiger partial charge in [-0.1, -0.05) is 0 Å². The molecule has 0 fully saturated rings. The van der Waals surface area contributed by atoms with Crippen LogP contribution in [0.25, 0.3) is 0 Å². The number of halogens is 2. The lowest BCUT2D eigenvalue weighted by atomic mass is 10.1. The SMILES string of the molecule is Cc1cc(C(=O)NCCO)c(Br)cc1F. The second-order valence-electron chi connectivity index (χ2n) is 3.06. The summed E-state index contributed by atoms with van der Waals surface area (Å²) in [5.41, 5.74) is 0.773. The number of hydrogen-bond acceptors (Lipinski definition) is 2. The van der Waals surface area contributed by atoms with Crippen LogP contribution in [0.5, 0.6) is 0 Å². The van der Waals surface area contributed by atoms with Crippen molar-refractivity contribution in [1.29, 1.82) is 0 Å². The summed E-state index contributed by atoms with van der Waals surface area (Å²) in [5, 5.41) is 11.0. The van der Waals surface area contributed by atoms with Crippen molar-refractivity contribution in [3.8, 4) is 0 Å². The van der Waals surface area contributed by atoms with Crippen LogP contribution in [0.3, 0.4) is 0 Å². The first kappa shape index (κ1) is 12.1. The molecule has 0 heterocycles. The third-order valence-electron chi connectivity index (χ3n) is 1.89. The first-order chi connectivity index (χ1) is 7.06. The van der Waals surface area contributed by atoms with Crippen molar-refractivity contribution < 1.29 is 14.3 Å². The van der Waals surface area contributed by atoms with E-state index in [2.05, 4.69) is 21.2 Å². The van der Waals surface area contributed by atoms with E-state index in [1.54, 1.807) is 6.92 Å². The van der Waals surface area contributed by atoms with Crippen LogP contribution in [-0.2, 0) is 0 Å². The highest BCUT2D eigenvalue weighted by molar-refractivity contribution is 9.10. The molecule has 0 spiro atoms. The maximum atomic E-state index is 13.1. The first-order valence-electron chi connectivity index (χ1n) is 4.41. The molecule has 1 aromatic rings. The Hall–Kier alpha value is -0.940. The number of aryl methyl sites for hydroxylation is 1. The third kappa shape index (κ3) is 3.00. The summed E-state index contributed by atoms with van der Waals surface area (Å²) >= 11 is 3.11. The Morgan fingerprint density at radius 2 is 2.27 bits per heavy atom. The number of aliphatic hydroxyl groups excluding tert-OH is 1. The minimum absolute atomic E-state index is 0.121. The standard InChI is InChI=1S/C10H11BrFNO2/c1-6-4-7(8(11)5-9(6)12)10(15)13-2-3-14/h4-5,14H,2-3H2,1H3,(H,13,15). The molecule has 2 N–H and O–H groups in total. The number of rotatable bonds is 3. The van der Waals surface area contributed by atoms with Gasteiger partial charge in [-0.25, -0.2) is 4.39 Å². The van der Waals surface area contributed by atoms with E-state index in [0.29, 0.717) is 15.6 Å². The van der Waals surface area contributed by atoms with E-state index in [9.17, 15) is 9.18 Å². The smallest absolute Gasteiger partial charge is 0.252 e. The van der Waals surface area contributed by atoms with Gasteiger partial charge in [-0.2, -0.15) is 0 Å². The fraction of sp³-hybridized carbons (Fsp3) is 0.300. The molecule has 82 valence electrons. The predicted octanol–water partition coefficient (Wildman–Crippen LogP) is 1.62. The van der Waals surface area contributed by atoms with Crippen LogP contribution in [0.4, 0.5) is 4.39 Å². The normalized spacial score (nSPS) is 10.1. The largest absolute Gasteiger partial charge is 0.395 e. The van der Waals surface area contributed by atoms with E-state index in [1.165, 1.54) is 12.1 Å². The number of nitrogens with one attached hydrogen (secondary N) is 1. The van der Waals surface area contributed by atoms with Crippen molar-refractivity contribution in [2.75, 3.05) is 13.2 Å². The van der Waals surface area contributed by atoms with Crippen molar-refractivity contribution in [2.45, 2.75) is 6.92 Å². The molecule has 0 aromatic heterocycles. The van der Waals surface area contributed by atoms with Crippen LogP contribution >= 0.6 is 15.9 Å². The van der Waals surface area contributed by atoms with Crippen molar-refractivity contribution in [1.82, 2.24) is 5.32 Å². The van der Waals surface area contributed by atoms with Crippen LogP contribution in [0.1, 0.15) is 15.9 Å². The lowest BCUT2D eigenvalue weighted by Crippen LogP contribution is -2.26. The quantitative estimate of drug-likeness (QED) is 0.881. The van der Waals surface area contributed by atoms with Gasteiger partial charge in [-0.3, -0.25) is 4.79 Å². The fourth-order valence-corrected chi connectivity index (χ4v) is 1.59. The zero-order chi connectivity index (χ0) is 11.4. The van der Waals surface area contributed by atoms with Crippen molar-refractivity contribution >= 4 is 21.8 Å². The Kier molecular flexibility index (Phi) is 4.23. The Bertz CT molecular complexity index is 382. The molecule has 0 atom stereocenters. The van der Waals surface area contributed by atoms with Gasteiger partial charge in [-0.15, -0.1) is 0 Å². The van der Waals surface area contributed by atoms with Gasteiger partial charge in [0.15, 0.2) is 0 Å². The number of hydrogen-bond donors (Lipinski definition) is 2. The Morgan fingerprint density at radius 3 is 2.87 bits per heavy atom. The van der Waals surface area contributed by atoms with Gasteiger partial charge < -0.3 is 10.4 Å². The second-order valence-corrected chi connectivity index (χ2v) is 3.92. The van der Waals surface area contributed by atoms with Gasteiger partial charge in [0.25, 0.3) is 5.91 Å². The number of benzene rings is 1. The van der Waals surface area contributed by atoms with E-state index < -0.39 is 0 Å². The molecule has 0 saturated heterocycles. The van der Waals surface area contributed by atoms with Crippen LogP contribution < -0.4 is 5.32 Å². The summed E-state index contributed by atoms with van der Waals surface area (Å²) in [6, 6.07) is 2.72. The molecule has 15 heavy (non-hydrogen) atoms. The molecular formula is C10H11BrFNO2. The Morgan fingerprint density at radius 1 is 1.60 bits per heavy atom. The molecule has 1 aromatic carbocycles. The average Bonchev–Trinajstić information content (AvgIpc) is 2.20. The summed E-state index contributed by atoms with van der Waals surface area (Å²) in [5.74, 6) is -0.695. The molecule has 1 rings (SSSR count). The summed E-state index contributed by atoms with van der Waals surface area (Å²) in [7, 11) is 0. The molecular weight excluding hydrogens is 265 g/mol. The van der Waals surface area contributed by atoms with E-state index in [0.717, 1.165) is 0 Å².